The summed E-state index contributed by atoms with van der Waals surface area (Å²) in [7, 11) is 1.69. The lowest BCUT2D eigenvalue weighted by Gasteiger charge is -2.36. The zero-order chi connectivity index (χ0) is 18.6. The summed E-state index contributed by atoms with van der Waals surface area (Å²) in [5.41, 5.74) is 2.32. The van der Waals surface area contributed by atoms with E-state index in [0.717, 1.165) is 61.6 Å². The molecule has 1 heterocycles. The van der Waals surface area contributed by atoms with Gasteiger partial charge in [-0.15, -0.1) is 0 Å². The number of hydrogen-bond donors (Lipinski definition) is 1. The van der Waals surface area contributed by atoms with Gasteiger partial charge in [-0.05, 0) is 55.5 Å². The van der Waals surface area contributed by atoms with E-state index in [-0.39, 0.29) is 5.82 Å². The van der Waals surface area contributed by atoms with Crippen LogP contribution in [-0.4, -0.2) is 38.9 Å². The van der Waals surface area contributed by atoms with Gasteiger partial charge in [-0.3, -0.25) is 0 Å². The third-order valence-electron chi connectivity index (χ3n) is 5.51. The van der Waals surface area contributed by atoms with Gasteiger partial charge in [0.15, 0.2) is 11.5 Å². The van der Waals surface area contributed by atoms with Crippen LogP contribution in [0.1, 0.15) is 24.8 Å². The van der Waals surface area contributed by atoms with E-state index in [1.807, 2.05) is 18.2 Å². The summed E-state index contributed by atoms with van der Waals surface area (Å²) in [6, 6.07) is 13.3. The average molecular weight is 370 g/mol. The summed E-state index contributed by atoms with van der Waals surface area (Å²) in [6.45, 7) is 2.79. The highest BCUT2D eigenvalue weighted by Gasteiger charge is 2.23. The molecule has 1 saturated carbocycles. The van der Waals surface area contributed by atoms with Crippen LogP contribution >= 0.6 is 0 Å². The van der Waals surface area contributed by atoms with Gasteiger partial charge in [0.05, 0.1) is 13.2 Å². The molecule has 2 fully saturated rings. The van der Waals surface area contributed by atoms with Crippen molar-refractivity contribution < 1.29 is 13.9 Å². The lowest BCUT2D eigenvalue weighted by molar-refractivity contribution is 0.116. The number of anilines is 1. The fourth-order valence-electron chi connectivity index (χ4n) is 3.72. The minimum Gasteiger partial charge on any atom is -0.493 e. The maximum absolute atomic E-state index is 13.1. The normalized spacial score (nSPS) is 20.2. The van der Waals surface area contributed by atoms with E-state index in [2.05, 4.69) is 22.3 Å². The van der Waals surface area contributed by atoms with Crippen LogP contribution in [-0.2, 0) is 6.42 Å². The molecule has 1 N–H and O–H groups in total. The van der Waals surface area contributed by atoms with E-state index in [1.54, 1.807) is 7.11 Å². The molecule has 5 heteroatoms. The molecule has 4 rings (SSSR count). The molecule has 1 atom stereocenters. The van der Waals surface area contributed by atoms with Crippen LogP contribution in [0.5, 0.6) is 11.5 Å². The summed E-state index contributed by atoms with van der Waals surface area (Å²) in [6.07, 6.45) is 4.71. The summed E-state index contributed by atoms with van der Waals surface area (Å²) in [5.74, 6) is 1.45. The first-order valence-corrected chi connectivity index (χ1v) is 9.79. The van der Waals surface area contributed by atoms with Crippen molar-refractivity contribution >= 4 is 5.69 Å². The molecule has 27 heavy (non-hydrogen) atoms. The Morgan fingerprint density at radius 3 is 2.63 bits per heavy atom. The molecule has 0 amide bonds. The van der Waals surface area contributed by atoms with Crippen molar-refractivity contribution in [1.29, 1.82) is 0 Å². The number of benzene rings is 2. The van der Waals surface area contributed by atoms with Gasteiger partial charge in [0.25, 0.3) is 0 Å². The molecule has 2 aromatic carbocycles. The molecule has 2 aromatic rings. The minimum absolute atomic E-state index is 0.186. The summed E-state index contributed by atoms with van der Waals surface area (Å²) < 4.78 is 24.7. The van der Waals surface area contributed by atoms with Crippen molar-refractivity contribution in [3.05, 3.63) is 53.8 Å². The lowest BCUT2D eigenvalue weighted by Crippen LogP contribution is -2.51. The van der Waals surface area contributed by atoms with Crippen LogP contribution in [0.3, 0.4) is 0 Å². The molecule has 1 aliphatic carbocycles. The van der Waals surface area contributed by atoms with Crippen molar-refractivity contribution in [2.24, 2.45) is 0 Å². The fourth-order valence-corrected chi connectivity index (χ4v) is 3.72. The highest BCUT2D eigenvalue weighted by molar-refractivity contribution is 5.57. The molecule has 1 aliphatic heterocycles. The van der Waals surface area contributed by atoms with Crippen molar-refractivity contribution in [2.75, 3.05) is 31.6 Å². The number of piperazine rings is 1. The standard InChI is InChI=1S/C22H27FN2O2/c1-26-21-10-9-19(14-22(21)27-20-3-2-4-20)25-12-11-24-18(15-25)13-16-5-7-17(23)8-6-16/h5-10,14,18,20,24H,2-4,11-13,15H2,1H3. The zero-order valence-corrected chi connectivity index (χ0v) is 15.8. The second-order valence-corrected chi connectivity index (χ2v) is 7.43. The van der Waals surface area contributed by atoms with Gasteiger partial charge in [-0.25, -0.2) is 4.39 Å². The highest BCUT2D eigenvalue weighted by atomic mass is 19.1. The molecule has 0 aromatic heterocycles. The van der Waals surface area contributed by atoms with Gasteiger partial charge in [0.1, 0.15) is 5.82 Å². The number of nitrogens with zero attached hydrogens (tertiary/aromatic N) is 1. The van der Waals surface area contributed by atoms with E-state index in [9.17, 15) is 4.39 Å². The molecule has 0 radical (unpaired) electrons. The summed E-state index contributed by atoms with van der Waals surface area (Å²) in [5, 5.41) is 3.58. The van der Waals surface area contributed by atoms with Gasteiger partial charge in [-0.2, -0.15) is 0 Å². The number of halogens is 1. The van der Waals surface area contributed by atoms with Gasteiger partial charge in [0, 0.05) is 37.4 Å². The Hall–Kier alpha value is -2.27. The molecule has 4 nitrogen and oxygen atoms in total. The summed E-state index contributed by atoms with van der Waals surface area (Å²) >= 11 is 0. The molecular weight excluding hydrogens is 343 g/mol. The van der Waals surface area contributed by atoms with Gasteiger partial charge < -0.3 is 19.7 Å². The molecule has 1 unspecified atom stereocenters. The Balaban J connectivity index is 1.45. The maximum atomic E-state index is 13.1. The van der Waals surface area contributed by atoms with Crippen LogP contribution in [0.4, 0.5) is 10.1 Å². The van der Waals surface area contributed by atoms with Crippen molar-refractivity contribution in [1.82, 2.24) is 5.32 Å². The second kappa shape index (κ2) is 8.17. The van der Waals surface area contributed by atoms with Crippen LogP contribution in [0.2, 0.25) is 0 Å². The predicted molar refractivity (Wildman–Crippen MR) is 105 cm³/mol. The predicted octanol–water partition coefficient (Wildman–Crippen LogP) is 3.79. The van der Waals surface area contributed by atoms with E-state index >= 15 is 0 Å². The van der Waals surface area contributed by atoms with Crippen LogP contribution < -0.4 is 19.7 Å². The molecule has 0 spiro atoms. The quantitative estimate of drug-likeness (QED) is 0.839. The van der Waals surface area contributed by atoms with Crippen LogP contribution in [0, 0.1) is 5.82 Å². The maximum Gasteiger partial charge on any atom is 0.163 e. The first-order chi connectivity index (χ1) is 13.2. The van der Waals surface area contributed by atoms with E-state index in [1.165, 1.54) is 18.6 Å². The Labute approximate surface area is 160 Å². The largest absolute Gasteiger partial charge is 0.493 e. The van der Waals surface area contributed by atoms with E-state index in [4.69, 9.17) is 9.47 Å². The average Bonchev–Trinajstić information content (AvgIpc) is 2.66. The van der Waals surface area contributed by atoms with Gasteiger partial charge in [0.2, 0.25) is 0 Å². The smallest absolute Gasteiger partial charge is 0.163 e. The van der Waals surface area contributed by atoms with Crippen LogP contribution in [0.15, 0.2) is 42.5 Å². The molecule has 1 saturated heterocycles. The third-order valence-corrected chi connectivity index (χ3v) is 5.51. The number of ether oxygens (including phenoxy) is 2. The van der Waals surface area contributed by atoms with Crippen LogP contribution in [0.25, 0.3) is 0 Å². The topological polar surface area (TPSA) is 33.7 Å². The minimum atomic E-state index is -0.186. The molecular formula is C22H27FN2O2. The fraction of sp³-hybridized carbons (Fsp3) is 0.455. The Bertz CT molecular complexity index is 761. The molecule has 0 bridgehead atoms. The number of rotatable bonds is 6. The Morgan fingerprint density at radius 2 is 1.93 bits per heavy atom. The molecule has 144 valence electrons. The first kappa shape index (κ1) is 18.1. The monoisotopic (exact) mass is 370 g/mol. The van der Waals surface area contributed by atoms with Crippen molar-refractivity contribution in [3.8, 4) is 11.5 Å². The van der Waals surface area contributed by atoms with Crippen molar-refractivity contribution in [2.45, 2.75) is 37.8 Å². The third kappa shape index (κ3) is 4.35. The zero-order valence-electron chi connectivity index (χ0n) is 15.8. The summed E-state index contributed by atoms with van der Waals surface area (Å²) in [4.78, 5) is 2.39. The molecule has 2 aliphatic rings. The number of nitrogens with one attached hydrogen (secondary N) is 1. The van der Waals surface area contributed by atoms with Crippen molar-refractivity contribution in [3.63, 3.8) is 0 Å². The van der Waals surface area contributed by atoms with E-state index < -0.39 is 0 Å². The number of methoxy groups -OCH3 is 1. The Kier molecular flexibility index (Phi) is 5.48. The highest BCUT2D eigenvalue weighted by Crippen LogP contribution is 2.35. The second-order valence-electron chi connectivity index (χ2n) is 7.43. The van der Waals surface area contributed by atoms with Gasteiger partial charge >= 0.3 is 0 Å². The van der Waals surface area contributed by atoms with Gasteiger partial charge in [-0.1, -0.05) is 12.1 Å². The first-order valence-electron chi connectivity index (χ1n) is 9.79. The Morgan fingerprint density at radius 1 is 1.11 bits per heavy atom. The lowest BCUT2D eigenvalue weighted by atomic mass is 9.96. The number of hydrogen-bond acceptors (Lipinski definition) is 4. The SMILES string of the molecule is COc1ccc(N2CCNC(Cc3ccc(F)cc3)C2)cc1OC1CCC1. The van der Waals surface area contributed by atoms with E-state index in [0.29, 0.717) is 12.1 Å².